The molecule has 2 aromatic carbocycles. The number of halogens is 2. The highest BCUT2D eigenvalue weighted by atomic mass is 79.9. The van der Waals surface area contributed by atoms with Crippen molar-refractivity contribution in [3.05, 3.63) is 46.2 Å². The van der Waals surface area contributed by atoms with Gasteiger partial charge in [-0.25, -0.2) is 4.39 Å². The maximum absolute atomic E-state index is 13.8. The lowest BCUT2D eigenvalue weighted by molar-refractivity contribution is -0.116. The minimum absolute atomic E-state index is 0.164. The predicted octanol–water partition coefficient (Wildman–Crippen LogP) is 4.07. The summed E-state index contributed by atoms with van der Waals surface area (Å²) in [4.78, 5) is 14.1. The molecule has 1 amide bonds. The zero-order valence-corrected chi connectivity index (χ0v) is 17.9. The number of ether oxygens (including phenoxy) is 3. The maximum Gasteiger partial charge on any atom is 0.225 e. The third-order valence-corrected chi connectivity index (χ3v) is 4.65. The molecule has 0 spiro atoms. The van der Waals surface area contributed by atoms with Crippen LogP contribution in [0.3, 0.4) is 0 Å². The Morgan fingerprint density at radius 1 is 1.11 bits per heavy atom. The first-order valence-electron chi connectivity index (χ1n) is 8.60. The lowest BCUT2D eigenvalue weighted by Crippen LogP contribution is -2.24. The number of anilines is 1. The fraction of sp³-hybridized carbons (Fsp3) is 0.350. The van der Waals surface area contributed by atoms with Gasteiger partial charge >= 0.3 is 0 Å². The monoisotopic (exact) mass is 454 g/mol. The van der Waals surface area contributed by atoms with Crippen LogP contribution < -0.4 is 19.5 Å². The normalized spacial score (nSPS) is 10.7. The van der Waals surface area contributed by atoms with Crippen molar-refractivity contribution < 1.29 is 23.4 Å². The van der Waals surface area contributed by atoms with Crippen molar-refractivity contribution in [2.75, 3.05) is 40.2 Å². The van der Waals surface area contributed by atoms with Crippen LogP contribution in [0.4, 0.5) is 10.1 Å². The molecule has 1 N–H and O–H groups in total. The second kappa shape index (κ2) is 10.3. The highest BCUT2D eigenvalue weighted by Crippen LogP contribution is 2.40. The first-order valence-corrected chi connectivity index (χ1v) is 9.40. The van der Waals surface area contributed by atoms with Gasteiger partial charge in [0.2, 0.25) is 11.7 Å². The summed E-state index contributed by atoms with van der Waals surface area (Å²) in [5.41, 5.74) is 1.07. The number of hydrogen-bond donors (Lipinski definition) is 1. The Kier molecular flexibility index (Phi) is 8.07. The quantitative estimate of drug-likeness (QED) is 0.618. The van der Waals surface area contributed by atoms with Crippen LogP contribution in [0.1, 0.15) is 12.0 Å². The number of benzene rings is 2. The predicted molar refractivity (Wildman–Crippen MR) is 110 cm³/mol. The highest BCUT2D eigenvalue weighted by molar-refractivity contribution is 9.10. The number of carbonyl (C=O) groups excluding carboxylic acids is 1. The zero-order chi connectivity index (χ0) is 20.7. The van der Waals surface area contributed by atoms with Crippen LogP contribution in [0.25, 0.3) is 0 Å². The van der Waals surface area contributed by atoms with E-state index in [1.807, 2.05) is 24.1 Å². The molecule has 0 heterocycles. The van der Waals surface area contributed by atoms with Crippen molar-refractivity contribution in [3.63, 3.8) is 0 Å². The van der Waals surface area contributed by atoms with E-state index in [0.717, 1.165) is 5.56 Å². The summed E-state index contributed by atoms with van der Waals surface area (Å²) in [6.45, 7) is 1.03. The summed E-state index contributed by atoms with van der Waals surface area (Å²) in [7, 11) is 6.58. The van der Waals surface area contributed by atoms with Crippen molar-refractivity contribution in [3.8, 4) is 17.2 Å². The van der Waals surface area contributed by atoms with E-state index in [1.165, 1.54) is 12.1 Å². The fourth-order valence-corrected chi connectivity index (χ4v) is 3.09. The largest absolute Gasteiger partial charge is 0.493 e. The van der Waals surface area contributed by atoms with Crippen molar-refractivity contribution in [2.24, 2.45) is 0 Å². The molecular weight excluding hydrogens is 431 g/mol. The molecule has 0 saturated carbocycles. The van der Waals surface area contributed by atoms with E-state index in [2.05, 4.69) is 21.2 Å². The van der Waals surface area contributed by atoms with Gasteiger partial charge in [-0.2, -0.15) is 0 Å². The van der Waals surface area contributed by atoms with Gasteiger partial charge in [-0.1, -0.05) is 22.0 Å². The molecule has 0 fully saturated rings. The summed E-state index contributed by atoms with van der Waals surface area (Å²) in [6.07, 6.45) is 0.224. The summed E-state index contributed by atoms with van der Waals surface area (Å²) in [5.74, 6) is 0.967. The van der Waals surface area contributed by atoms with E-state index in [4.69, 9.17) is 14.2 Å². The Hall–Kier alpha value is -2.32. The smallest absolute Gasteiger partial charge is 0.225 e. The SMILES string of the molecule is COc1ccc(CN(C)CCC(=O)Nc2ccc(Br)cc2F)c(OC)c1OC. The van der Waals surface area contributed by atoms with E-state index in [-0.39, 0.29) is 18.0 Å². The van der Waals surface area contributed by atoms with E-state index in [9.17, 15) is 9.18 Å². The summed E-state index contributed by atoms with van der Waals surface area (Å²) in [6, 6.07) is 8.22. The number of hydrogen-bond acceptors (Lipinski definition) is 5. The molecule has 8 heteroatoms. The molecular formula is C20H24BrFN2O4. The van der Waals surface area contributed by atoms with Gasteiger partial charge in [-0.3, -0.25) is 4.79 Å². The molecule has 0 saturated heterocycles. The number of nitrogens with one attached hydrogen (secondary N) is 1. The molecule has 0 aromatic heterocycles. The average Bonchev–Trinajstić information content (AvgIpc) is 2.68. The van der Waals surface area contributed by atoms with Crippen molar-refractivity contribution in [1.82, 2.24) is 4.90 Å². The highest BCUT2D eigenvalue weighted by Gasteiger charge is 2.17. The third kappa shape index (κ3) is 5.59. The minimum atomic E-state index is -0.480. The molecule has 2 rings (SSSR count). The molecule has 0 radical (unpaired) electrons. The van der Waals surface area contributed by atoms with Crippen molar-refractivity contribution >= 4 is 27.5 Å². The van der Waals surface area contributed by atoms with Crippen LogP contribution in [0.5, 0.6) is 17.2 Å². The topological polar surface area (TPSA) is 60.0 Å². The standard InChI is InChI=1S/C20H24BrFN2O4/c1-24(10-9-18(25)23-16-7-6-14(21)11-15(16)22)12-13-5-8-17(26-2)20(28-4)19(13)27-3/h5-8,11H,9-10,12H2,1-4H3,(H,23,25). The van der Waals surface area contributed by atoms with Crippen LogP contribution >= 0.6 is 15.9 Å². The van der Waals surface area contributed by atoms with Crippen molar-refractivity contribution in [1.29, 1.82) is 0 Å². The first kappa shape index (κ1) is 22.0. The van der Waals surface area contributed by atoms with Gasteiger partial charge in [0.1, 0.15) is 5.82 Å². The van der Waals surface area contributed by atoms with E-state index >= 15 is 0 Å². The van der Waals surface area contributed by atoms with Crippen LogP contribution in [0, 0.1) is 5.82 Å². The molecule has 0 aliphatic heterocycles. The van der Waals surface area contributed by atoms with Gasteiger partial charge in [-0.05, 0) is 31.3 Å². The number of rotatable bonds is 9. The van der Waals surface area contributed by atoms with Crippen LogP contribution in [-0.4, -0.2) is 45.7 Å². The van der Waals surface area contributed by atoms with Gasteiger partial charge in [0, 0.05) is 29.5 Å². The molecule has 0 atom stereocenters. The lowest BCUT2D eigenvalue weighted by atomic mass is 10.1. The lowest BCUT2D eigenvalue weighted by Gasteiger charge is -2.20. The average molecular weight is 455 g/mol. The zero-order valence-electron chi connectivity index (χ0n) is 16.3. The first-order chi connectivity index (χ1) is 13.4. The van der Waals surface area contributed by atoms with E-state index in [0.29, 0.717) is 34.8 Å². The van der Waals surface area contributed by atoms with Gasteiger partial charge in [0.05, 0.1) is 27.0 Å². The summed E-state index contributed by atoms with van der Waals surface area (Å²) >= 11 is 3.19. The summed E-state index contributed by atoms with van der Waals surface area (Å²) < 4.78 is 30.6. The number of carbonyl (C=O) groups is 1. The van der Waals surface area contributed by atoms with Gasteiger partial charge in [0.25, 0.3) is 0 Å². The summed E-state index contributed by atoms with van der Waals surface area (Å²) in [5, 5.41) is 2.59. The van der Waals surface area contributed by atoms with Gasteiger partial charge < -0.3 is 24.4 Å². The maximum atomic E-state index is 13.8. The van der Waals surface area contributed by atoms with Crippen LogP contribution in [0.2, 0.25) is 0 Å². The molecule has 6 nitrogen and oxygen atoms in total. The molecule has 0 aliphatic carbocycles. The van der Waals surface area contributed by atoms with Crippen LogP contribution in [-0.2, 0) is 11.3 Å². The van der Waals surface area contributed by atoms with E-state index in [1.54, 1.807) is 27.4 Å². The molecule has 28 heavy (non-hydrogen) atoms. The Bertz CT molecular complexity index is 832. The minimum Gasteiger partial charge on any atom is -0.493 e. The molecule has 2 aromatic rings. The molecule has 0 aliphatic rings. The van der Waals surface area contributed by atoms with Gasteiger partial charge in [-0.15, -0.1) is 0 Å². The van der Waals surface area contributed by atoms with E-state index < -0.39 is 5.82 Å². The Labute approximate surface area is 172 Å². The second-order valence-electron chi connectivity index (χ2n) is 6.15. The molecule has 0 unspecified atom stereocenters. The number of amides is 1. The Morgan fingerprint density at radius 2 is 1.82 bits per heavy atom. The Balaban J connectivity index is 1.97. The number of nitrogens with zero attached hydrogens (tertiary/aromatic N) is 1. The fourth-order valence-electron chi connectivity index (χ4n) is 2.75. The number of methoxy groups -OCH3 is 3. The Morgan fingerprint density at radius 3 is 2.43 bits per heavy atom. The molecule has 0 bridgehead atoms. The molecule has 152 valence electrons. The second-order valence-corrected chi connectivity index (χ2v) is 7.07. The van der Waals surface area contributed by atoms with Crippen molar-refractivity contribution in [2.45, 2.75) is 13.0 Å². The third-order valence-electron chi connectivity index (χ3n) is 4.15. The van der Waals surface area contributed by atoms with Crippen LogP contribution in [0.15, 0.2) is 34.8 Å². The van der Waals surface area contributed by atoms with Gasteiger partial charge in [0.15, 0.2) is 11.5 Å².